The van der Waals surface area contributed by atoms with Crippen molar-refractivity contribution in [3.63, 3.8) is 0 Å². The summed E-state index contributed by atoms with van der Waals surface area (Å²) in [5.41, 5.74) is 1.38. The van der Waals surface area contributed by atoms with Gasteiger partial charge in [-0.15, -0.1) is 0 Å². The number of esters is 1. The molecule has 132 valence electrons. The Morgan fingerprint density at radius 2 is 1.80 bits per heavy atom. The quantitative estimate of drug-likeness (QED) is 0.535. The lowest BCUT2D eigenvalue weighted by Gasteiger charge is -2.08. The van der Waals surface area contributed by atoms with E-state index in [0.717, 1.165) is 11.5 Å². The van der Waals surface area contributed by atoms with Gasteiger partial charge in [0.25, 0.3) is 5.91 Å². The first-order chi connectivity index (χ1) is 12.1. The van der Waals surface area contributed by atoms with Crippen LogP contribution in [0.15, 0.2) is 48.5 Å². The van der Waals surface area contributed by atoms with Gasteiger partial charge in [0.15, 0.2) is 6.61 Å². The van der Waals surface area contributed by atoms with E-state index < -0.39 is 5.97 Å². The second kappa shape index (κ2) is 10.3. The van der Waals surface area contributed by atoms with Crippen LogP contribution in [0.1, 0.15) is 15.9 Å². The Morgan fingerprint density at radius 1 is 1.04 bits per heavy atom. The third-order valence-corrected chi connectivity index (χ3v) is 5.04. The Balaban J connectivity index is 1.63. The maximum absolute atomic E-state index is 11.9. The van der Waals surface area contributed by atoms with Crippen LogP contribution in [0.2, 0.25) is 10.0 Å². The molecular weight excluding hydrogens is 381 g/mol. The number of hydrogen-bond acceptors (Lipinski definition) is 4. The average molecular weight is 398 g/mol. The van der Waals surface area contributed by atoms with Gasteiger partial charge in [0.1, 0.15) is 0 Å². The van der Waals surface area contributed by atoms with E-state index in [1.807, 2.05) is 18.2 Å². The Labute approximate surface area is 160 Å². The molecule has 0 bridgehead atoms. The number of nitrogens with one attached hydrogen (secondary N) is 1. The van der Waals surface area contributed by atoms with Crippen LogP contribution in [0.25, 0.3) is 0 Å². The first kappa shape index (κ1) is 19.6. The fourth-order valence-corrected chi connectivity index (χ4v) is 3.14. The van der Waals surface area contributed by atoms with Crippen molar-refractivity contribution in [1.29, 1.82) is 0 Å². The molecule has 4 nitrogen and oxygen atoms in total. The number of carbonyl (C=O) groups is 2. The van der Waals surface area contributed by atoms with Gasteiger partial charge in [0.2, 0.25) is 0 Å². The van der Waals surface area contributed by atoms with Gasteiger partial charge in [-0.3, -0.25) is 4.79 Å². The standard InChI is InChI=1S/C18H17Cl2NO3S/c19-15-8-4-7-14(17(15)20)18(23)24-11-16(22)21-9-10-25-12-13-5-2-1-3-6-13/h1-8H,9-12H2,(H,21,22). The molecule has 0 aliphatic carbocycles. The summed E-state index contributed by atoms with van der Waals surface area (Å²) < 4.78 is 4.95. The first-order valence-corrected chi connectivity index (χ1v) is 9.48. The lowest BCUT2D eigenvalue weighted by Crippen LogP contribution is -2.30. The minimum Gasteiger partial charge on any atom is -0.452 e. The van der Waals surface area contributed by atoms with Crippen molar-refractivity contribution in [2.45, 2.75) is 5.75 Å². The molecule has 0 heterocycles. The van der Waals surface area contributed by atoms with Gasteiger partial charge in [-0.2, -0.15) is 11.8 Å². The molecule has 0 saturated carbocycles. The van der Waals surface area contributed by atoms with Crippen molar-refractivity contribution in [3.8, 4) is 0 Å². The van der Waals surface area contributed by atoms with Crippen molar-refractivity contribution in [2.75, 3.05) is 18.9 Å². The van der Waals surface area contributed by atoms with Crippen molar-refractivity contribution in [3.05, 3.63) is 69.7 Å². The number of carbonyl (C=O) groups excluding carboxylic acids is 2. The van der Waals surface area contributed by atoms with Crippen molar-refractivity contribution in [2.24, 2.45) is 0 Å². The predicted octanol–water partition coefficient (Wildman–Crippen LogP) is 4.20. The highest BCUT2D eigenvalue weighted by atomic mass is 35.5. The van der Waals surface area contributed by atoms with Crippen LogP contribution in [-0.2, 0) is 15.3 Å². The molecule has 0 fully saturated rings. The molecule has 0 aliphatic heterocycles. The van der Waals surface area contributed by atoms with E-state index in [2.05, 4.69) is 17.4 Å². The number of amides is 1. The summed E-state index contributed by atoms with van der Waals surface area (Å²) in [4.78, 5) is 23.6. The number of benzene rings is 2. The van der Waals surface area contributed by atoms with E-state index in [4.69, 9.17) is 27.9 Å². The number of thioether (sulfide) groups is 1. The molecule has 7 heteroatoms. The van der Waals surface area contributed by atoms with E-state index in [0.29, 0.717) is 6.54 Å². The molecule has 0 spiro atoms. The highest BCUT2D eigenvalue weighted by Crippen LogP contribution is 2.25. The molecule has 0 aliphatic rings. The van der Waals surface area contributed by atoms with Gasteiger partial charge in [-0.25, -0.2) is 4.79 Å². The van der Waals surface area contributed by atoms with Gasteiger partial charge in [0.05, 0.1) is 15.6 Å². The predicted molar refractivity (Wildman–Crippen MR) is 102 cm³/mol. The Morgan fingerprint density at radius 3 is 2.56 bits per heavy atom. The van der Waals surface area contributed by atoms with Crippen LogP contribution in [-0.4, -0.2) is 30.8 Å². The zero-order valence-corrected chi connectivity index (χ0v) is 15.7. The lowest BCUT2D eigenvalue weighted by molar-refractivity contribution is -0.124. The highest BCUT2D eigenvalue weighted by Gasteiger charge is 2.15. The SMILES string of the molecule is O=C(COC(=O)c1cccc(Cl)c1Cl)NCCSCc1ccccc1. The average Bonchev–Trinajstić information content (AvgIpc) is 2.62. The number of ether oxygens (including phenoxy) is 1. The van der Waals surface area contributed by atoms with Crippen LogP contribution in [0.4, 0.5) is 0 Å². The minimum absolute atomic E-state index is 0.117. The third kappa shape index (κ3) is 6.61. The summed E-state index contributed by atoms with van der Waals surface area (Å²) in [6, 6.07) is 14.8. The second-order valence-corrected chi connectivity index (χ2v) is 6.96. The molecular formula is C18H17Cl2NO3S. The summed E-state index contributed by atoms with van der Waals surface area (Å²) in [6.07, 6.45) is 0. The molecule has 1 amide bonds. The zero-order chi connectivity index (χ0) is 18.1. The zero-order valence-electron chi connectivity index (χ0n) is 13.3. The molecule has 0 radical (unpaired) electrons. The summed E-state index contributed by atoms with van der Waals surface area (Å²) in [5, 5.41) is 3.08. The largest absolute Gasteiger partial charge is 0.452 e. The number of hydrogen-bond donors (Lipinski definition) is 1. The fraction of sp³-hybridized carbons (Fsp3) is 0.222. The van der Waals surface area contributed by atoms with Gasteiger partial charge in [-0.1, -0.05) is 59.6 Å². The first-order valence-electron chi connectivity index (χ1n) is 7.57. The van der Waals surface area contributed by atoms with Crippen molar-refractivity contribution < 1.29 is 14.3 Å². The lowest BCUT2D eigenvalue weighted by atomic mass is 10.2. The van der Waals surface area contributed by atoms with E-state index in [1.54, 1.807) is 23.9 Å². The Kier molecular flexibility index (Phi) is 8.12. The van der Waals surface area contributed by atoms with Crippen LogP contribution < -0.4 is 5.32 Å². The van der Waals surface area contributed by atoms with Gasteiger partial charge in [-0.05, 0) is 17.7 Å². The number of halogens is 2. The van der Waals surface area contributed by atoms with Crippen LogP contribution in [0.5, 0.6) is 0 Å². The minimum atomic E-state index is -0.680. The fourth-order valence-electron chi connectivity index (χ4n) is 1.95. The van der Waals surface area contributed by atoms with Crippen molar-refractivity contribution >= 4 is 46.8 Å². The Bertz CT molecular complexity index is 726. The Hall–Kier alpha value is -1.69. The molecule has 2 aromatic carbocycles. The molecule has 2 aromatic rings. The molecule has 0 saturated heterocycles. The molecule has 2 rings (SSSR count). The highest BCUT2D eigenvalue weighted by molar-refractivity contribution is 7.98. The monoisotopic (exact) mass is 397 g/mol. The summed E-state index contributed by atoms with van der Waals surface area (Å²) in [5.74, 6) is 0.626. The molecule has 25 heavy (non-hydrogen) atoms. The smallest absolute Gasteiger partial charge is 0.340 e. The second-order valence-electron chi connectivity index (χ2n) is 5.07. The number of rotatable bonds is 8. The summed E-state index contributed by atoms with van der Waals surface area (Å²) >= 11 is 13.5. The van der Waals surface area contributed by atoms with E-state index in [-0.39, 0.29) is 28.1 Å². The summed E-state index contributed by atoms with van der Waals surface area (Å²) in [6.45, 7) is 0.150. The molecule has 0 atom stereocenters. The van der Waals surface area contributed by atoms with E-state index in [9.17, 15) is 9.59 Å². The van der Waals surface area contributed by atoms with Gasteiger partial charge in [0, 0.05) is 18.1 Å². The summed E-state index contributed by atoms with van der Waals surface area (Å²) in [7, 11) is 0. The molecule has 0 unspecified atom stereocenters. The van der Waals surface area contributed by atoms with Gasteiger partial charge >= 0.3 is 5.97 Å². The molecule has 0 aromatic heterocycles. The third-order valence-electron chi connectivity index (χ3n) is 3.19. The normalized spacial score (nSPS) is 10.3. The van der Waals surface area contributed by atoms with Crippen LogP contribution in [0.3, 0.4) is 0 Å². The van der Waals surface area contributed by atoms with E-state index in [1.165, 1.54) is 11.6 Å². The van der Waals surface area contributed by atoms with Gasteiger partial charge < -0.3 is 10.1 Å². The molecule has 1 N–H and O–H groups in total. The van der Waals surface area contributed by atoms with Crippen LogP contribution in [0, 0.1) is 0 Å². The topological polar surface area (TPSA) is 55.4 Å². The van der Waals surface area contributed by atoms with Crippen LogP contribution >= 0.6 is 35.0 Å². The maximum atomic E-state index is 11.9. The maximum Gasteiger partial charge on any atom is 0.340 e. The van der Waals surface area contributed by atoms with Crippen molar-refractivity contribution in [1.82, 2.24) is 5.32 Å². The van der Waals surface area contributed by atoms with E-state index >= 15 is 0 Å².